The third-order valence-corrected chi connectivity index (χ3v) is 1.97. The summed E-state index contributed by atoms with van der Waals surface area (Å²) in [4.78, 5) is 16.1. The maximum Gasteiger partial charge on any atom is 0.345 e. The van der Waals surface area contributed by atoms with Gasteiger partial charge in [-0.1, -0.05) is 0 Å². The second-order valence-electron chi connectivity index (χ2n) is 3.04. The number of hydrogen-bond donors (Lipinski definition) is 1. The molecule has 0 unspecified atom stereocenters. The molecule has 0 amide bonds. The normalized spacial score (nSPS) is 10.4. The maximum atomic E-state index is 13.2. The van der Waals surface area contributed by atoms with Crippen LogP contribution in [0.1, 0.15) is 0 Å². The lowest BCUT2D eigenvalue weighted by molar-refractivity contribution is 0.509. The summed E-state index contributed by atoms with van der Waals surface area (Å²) in [6.07, 6.45) is 0.718. The lowest BCUT2D eigenvalue weighted by Crippen LogP contribution is -2.11. The SMILES string of the molecule is O=c1ncc(F)c(-c2ccc(F)c(F)c2)[nH]1. The molecule has 1 N–H and O–H groups in total. The molecule has 0 bridgehead atoms. The molecule has 1 aromatic carbocycles. The Morgan fingerprint density at radius 3 is 2.50 bits per heavy atom. The van der Waals surface area contributed by atoms with Gasteiger partial charge < -0.3 is 4.98 Å². The van der Waals surface area contributed by atoms with Crippen LogP contribution in [-0.4, -0.2) is 9.97 Å². The minimum atomic E-state index is -1.12. The molecule has 6 heteroatoms. The molecule has 0 spiro atoms. The van der Waals surface area contributed by atoms with E-state index in [4.69, 9.17) is 0 Å². The molecule has 0 aliphatic heterocycles. The Bertz CT molecular complexity index is 595. The molecule has 0 aliphatic carbocycles. The fourth-order valence-corrected chi connectivity index (χ4v) is 1.24. The Hall–Kier alpha value is -2.11. The van der Waals surface area contributed by atoms with Gasteiger partial charge in [0.05, 0.1) is 11.9 Å². The van der Waals surface area contributed by atoms with Crippen LogP contribution in [0.4, 0.5) is 13.2 Å². The Morgan fingerprint density at radius 1 is 1.06 bits per heavy atom. The first-order chi connectivity index (χ1) is 7.58. The van der Waals surface area contributed by atoms with Gasteiger partial charge in [0.15, 0.2) is 17.5 Å². The Morgan fingerprint density at radius 2 is 1.81 bits per heavy atom. The molecule has 0 radical (unpaired) electrons. The summed E-state index contributed by atoms with van der Waals surface area (Å²) in [5, 5.41) is 0. The predicted molar refractivity (Wildman–Crippen MR) is 50.2 cm³/mol. The molecular formula is C10H5F3N2O. The van der Waals surface area contributed by atoms with Crippen molar-refractivity contribution in [3.8, 4) is 11.3 Å². The fourth-order valence-electron chi connectivity index (χ4n) is 1.24. The molecule has 0 aliphatic rings. The quantitative estimate of drug-likeness (QED) is 0.806. The van der Waals surface area contributed by atoms with Crippen LogP contribution < -0.4 is 5.69 Å². The Balaban J connectivity index is 2.62. The van der Waals surface area contributed by atoms with Gasteiger partial charge in [-0.3, -0.25) is 0 Å². The zero-order chi connectivity index (χ0) is 11.7. The highest BCUT2D eigenvalue weighted by Gasteiger charge is 2.09. The minimum absolute atomic E-state index is 0.0379. The summed E-state index contributed by atoms with van der Waals surface area (Å²) in [7, 11) is 0. The van der Waals surface area contributed by atoms with E-state index in [0.29, 0.717) is 0 Å². The van der Waals surface area contributed by atoms with Crippen molar-refractivity contribution in [2.45, 2.75) is 0 Å². The van der Waals surface area contributed by atoms with Gasteiger partial charge in [0.2, 0.25) is 0 Å². The van der Waals surface area contributed by atoms with Crippen molar-refractivity contribution in [1.29, 1.82) is 0 Å². The van der Waals surface area contributed by atoms with Crippen molar-refractivity contribution in [2.24, 2.45) is 0 Å². The second-order valence-corrected chi connectivity index (χ2v) is 3.04. The summed E-state index contributed by atoms with van der Waals surface area (Å²) in [5.41, 5.74) is -0.948. The first kappa shape index (κ1) is 10.4. The lowest BCUT2D eigenvalue weighted by Gasteiger charge is -2.02. The van der Waals surface area contributed by atoms with E-state index in [1.807, 2.05) is 0 Å². The summed E-state index contributed by atoms with van der Waals surface area (Å²) in [6.45, 7) is 0. The number of aromatic amines is 1. The molecule has 16 heavy (non-hydrogen) atoms. The van der Waals surface area contributed by atoms with Gasteiger partial charge in [-0.05, 0) is 18.2 Å². The number of hydrogen-bond acceptors (Lipinski definition) is 2. The molecule has 0 fully saturated rings. The molecule has 0 saturated heterocycles. The molecule has 0 saturated carbocycles. The van der Waals surface area contributed by atoms with E-state index in [0.717, 1.165) is 24.4 Å². The van der Waals surface area contributed by atoms with Gasteiger partial charge in [0.1, 0.15) is 0 Å². The summed E-state index contributed by atoms with van der Waals surface area (Å²) >= 11 is 0. The third kappa shape index (κ3) is 1.81. The molecule has 1 heterocycles. The van der Waals surface area contributed by atoms with E-state index >= 15 is 0 Å². The van der Waals surface area contributed by atoms with E-state index in [1.54, 1.807) is 0 Å². The molecular weight excluding hydrogens is 221 g/mol. The number of H-pyrrole nitrogens is 1. The van der Waals surface area contributed by atoms with Gasteiger partial charge in [-0.15, -0.1) is 0 Å². The predicted octanol–water partition coefficient (Wildman–Crippen LogP) is 1.85. The van der Waals surface area contributed by atoms with Crippen molar-refractivity contribution in [3.63, 3.8) is 0 Å². The van der Waals surface area contributed by atoms with Gasteiger partial charge in [-0.2, -0.15) is 4.98 Å². The number of nitrogens with one attached hydrogen (secondary N) is 1. The first-order valence-corrected chi connectivity index (χ1v) is 4.28. The molecule has 0 atom stereocenters. The number of nitrogens with zero attached hydrogens (tertiary/aromatic N) is 1. The van der Waals surface area contributed by atoms with Crippen molar-refractivity contribution >= 4 is 0 Å². The van der Waals surface area contributed by atoms with Crippen LogP contribution in [-0.2, 0) is 0 Å². The highest BCUT2D eigenvalue weighted by molar-refractivity contribution is 5.59. The summed E-state index contributed by atoms with van der Waals surface area (Å²) < 4.78 is 38.8. The zero-order valence-electron chi connectivity index (χ0n) is 7.80. The minimum Gasteiger partial charge on any atom is -0.303 e. The number of aromatic nitrogens is 2. The Labute approximate surface area is 87.6 Å². The smallest absolute Gasteiger partial charge is 0.303 e. The molecule has 3 nitrogen and oxygen atoms in total. The zero-order valence-corrected chi connectivity index (χ0v) is 7.80. The monoisotopic (exact) mass is 226 g/mol. The number of benzene rings is 1. The van der Waals surface area contributed by atoms with Crippen molar-refractivity contribution in [3.05, 3.63) is 52.3 Å². The van der Waals surface area contributed by atoms with Crippen LogP contribution in [0.25, 0.3) is 11.3 Å². The third-order valence-electron chi connectivity index (χ3n) is 1.97. The van der Waals surface area contributed by atoms with Crippen LogP contribution >= 0.6 is 0 Å². The van der Waals surface area contributed by atoms with Crippen LogP contribution in [0.5, 0.6) is 0 Å². The average molecular weight is 226 g/mol. The highest BCUT2D eigenvalue weighted by atomic mass is 19.2. The van der Waals surface area contributed by atoms with Gasteiger partial charge in [0, 0.05) is 5.56 Å². The molecule has 82 valence electrons. The van der Waals surface area contributed by atoms with Crippen LogP contribution in [0.2, 0.25) is 0 Å². The van der Waals surface area contributed by atoms with Gasteiger partial charge in [0.25, 0.3) is 0 Å². The molecule has 2 rings (SSSR count). The molecule has 1 aromatic heterocycles. The summed E-state index contributed by atoms with van der Waals surface area (Å²) in [6, 6.07) is 2.80. The molecule has 2 aromatic rings. The van der Waals surface area contributed by atoms with E-state index in [2.05, 4.69) is 9.97 Å². The lowest BCUT2D eigenvalue weighted by atomic mass is 10.1. The van der Waals surface area contributed by atoms with Crippen LogP contribution in [0, 0.1) is 17.5 Å². The first-order valence-electron chi connectivity index (χ1n) is 4.28. The van der Waals surface area contributed by atoms with Crippen LogP contribution in [0.3, 0.4) is 0 Å². The number of halogens is 3. The van der Waals surface area contributed by atoms with E-state index < -0.39 is 23.1 Å². The maximum absolute atomic E-state index is 13.2. The fraction of sp³-hybridized carbons (Fsp3) is 0. The number of rotatable bonds is 1. The van der Waals surface area contributed by atoms with E-state index in [1.165, 1.54) is 0 Å². The highest BCUT2D eigenvalue weighted by Crippen LogP contribution is 2.20. The average Bonchev–Trinajstić information content (AvgIpc) is 2.26. The van der Waals surface area contributed by atoms with Gasteiger partial charge in [-0.25, -0.2) is 18.0 Å². The standard InChI is InChI=1S/C10H5F3N2O/c11-6-2-1-5(3-7(6)12)9-8(13)4-14-10(16)15-9/h1-4H,(H,14,15,16). The van der Waals surface area contributed by atoms with E-state index in [-0.39, 0.29) is 11.3 Å². The second kappa shape index (κ2) is 3.80. The topological polar surface area (TPSA) is 45.8 Å². The van der Waals surface area contributed by atoms with Crippen molar-refractivity contribution in [2.75, 3.05) is 0 Å². The van der Waals surface area contributed by atoms with Crippen molar-refractivity contribution < 1.29 is 13.2 Å². The van der Waals surface area contributed by atoms with E-state index in [9.17, 15) is 18.0 Å². The Kier molecular flexibility index (Phi) is 2.47. The van der Waals surface area contributed by atoms with Crippen molar-refractivity contribution in [1.82, 2.24) is 9.97 Å². The summed E-state index contributed by atoms with van der Waals surface area (Å²) in [5.74, 6) is -2.97. The largest absolute Gasteiger partial charge is 0.345 e. The van der Waals surface area contributed by atoms with Crippen LogP contribution in [0.15, 0.2) is 29.2 Å². The van der Waals surface area contributed by atoms with Gasteiger partial charge >= 0.3 is 5.69 Å².